The highest BCUT2D eigenvalue weighted by Crippen LogP contribution is 2.38. The lowest BCUT2D eigenvalue weighted by Gasteiger charge is -2.36. The van der Waals surface area contributed by atoms with Gasteiger partial charge >= 0.3 is 5.97 Å². The number of aromatic nitrogens is 2. The van der Waals surface area contributed by atoms with Gasteiger partial charge in [0.05, 0.1) is 23.2 Å². The van der Waals surface area contributed by atoms with E-state index in [4.69, 9.17) is 14.7 Å². The third-order valence-corrected chi connectivity index (χ3v) is 6.94. The molecule has 0 bridgehead atoms. The Morgan fingerprint density at radius 2 is 1.81 bits per heavy atom. The molecule has 3 heterocycles. The Bertz CT molecular complexity index is 1100. The molecule has 0 aliphatic carbocycles. The lowest BCUT2D eigenvalue weighted by Crippen LogP contribution is -2.39. The number of benzene rings is 1. The number of rotatable bonds is 5. The van der Waals surface area contributed by atoms with Crippen molar-refractivity contribution < 1.29 is 9.53 Å². The van der Waals surface area contributed by atoms with Crippen LogP contribution in [0.25, 0.3) is 11.0 Å². The minimum atomic E-state index is -0.303. The van der Waals surface area contributed by atoms with E-state index in [1.807, 2.05) is 45.0 Å². The van der Waals surface area contributed by atoms with E-state index in [9.17, 15) is 4.79 Å². The van der Waals surface area contributed by atoms with Crippen LogP contribution < -0.4 is 10.2 Å². The summed E-state index contributed by atoms with van der Waals surface area (Å²) in [5, 5.41) is 4.23. The average molecular weight is 439 g/mol. The third-order valence-electron chi connectivity index (χ3n) is 5.82. The van der Waals surface area contributed by atoms with E-state index in [1.54, 1.807) is 11.3 Å². The number of carbonyl (C=O) groups is 1. The van der Waals surface area contributed by atoms with E-state index in [-0.39, 0.29) is 5.97 Å². The summed E-state index contributed by atoms with van der Waals surface area (Å²) in [6.45, 7) is 12.6. The van der Waals surface area contributed by atoms with Crippen molar-refractivity contribution in [1.29, 1.82) is 0 Å². The molecule has 0 radical (unpaired) electrons. The first-order chi connectivity index (χ1) is 14.9. The molecule has 1 aromatic carbocycles. The van der Waals surface area contributed by atoms with Gasteiger partial charge in [-0.1, -0.05) is 26.0 Å². The first-order valence-electron chi connectivity index (χ1n) is 10.9. The number of piperidine rings is 1. The van der Waals surface area contributed by atoms with Gasteiger partial charge in [-0.05, 0) is 56.7 Å². The van der Waals surface area contributed by atoms with Gasteiger partial charge in [-0.25, -0.2) is 14.8 Å². The molecule has 1 fully saturated rings. The number of hydrogen-bond acceptors (Lipinski definition) is 7. The molecule has 0 spiro atoms. The number of anilines is 3. The highest BCUT2D eigenvalue weighted by atomic mass is 32.1. The fraction of sp³-hybridized carbons (Fsp3) is 0.458. The van der Waals surface area contributed by atoms with Crippen molar-refractivity contribution in [2.75, 3.05) is 29.9 Å². The van der Waals surface area contributed by atoms with Gasteiger partial charge in [-0.15, -0.1) is 11.3 Å². The Kier molecular flexibility index (Phi) is 6.14. The van der Waals surface area contributed by atoms with E-state index in [2.05, 4.69) is 24.1 Å². The zero-order chi connectivity index (χ0) is 22.1. The molecule has 1 aliphatic rings. The third kappa shape index (κ3) is 4.37. The predicted molar refractivity (Wildman–Crippen MR) is 128 cm³/mol. The number of hydrogen-bond donors (Lipinski definition) is 1. The smallest absolute Gasteiger partial charge is 0.341 e. The second kappa shape index (κ2) is 8.83. The number of ether oxygens (including phenoxy) is 1. The van der Waals surface area contributed by atoms with E-state index in [0.717, 1.165) is 45.4 Å². The number of nitrogens with zero attached hydrogens (tertiary/aromatic N) is 3. The van der Waals surface area contributed by atoms with Crippen molar-refractivity contribution in [3.8, 4) is 0 Å². The Hall–Kier alpha value is -2.67. The minimum absolute atomic E-state index is 0.303. The quantitative estimate of drug-likeness (QED) is 0.515. The van der Waals surface area contributed by atoms with Crippen molar-refractivity contribution in [3.05, 3.63) is 40.3 Å². The van der Waals surface area contributed by atoms with E-state index < -0.39 is 0 Å². The van der Waals surface area contributed by atoms with Gasteiger partial charge in [0.25, 0.3) is 0 Å². The van der Waals surface area contributed by atoms with Crippen molar-refractivity contribution in [1.82, 2.24) is 9.97 Å². The largest absolute Gasteiger partial charge is 0.462 e. The van der Waals surface area contributed by atoms with Crippen LogP contribution in [0, 0.1) is 25.7 Å². The van der Waals surface area contributed by atoms with Crippen LogP contribution in [0.1, 0.15) is 48.0 Å². The Morgan fingerprint density at radius 3 is 2.45 bits per heavy atom. The molecule has 7 heteroatoms. The zero-order valence-corrected chi connectivity index (χ0v) is 19.7. The lowest BCUT2D eigenvalue weighted by atomic mass is 9.92. The monoisotopic (exact) mass is 438 g/mol. The summed E-state index contributed by atoms with van der Waals surface area (Å²) in [5.41, 5.74) is 3.24. The molecule has 1 aliphatic heterocycles. The van der Waals surface area contributed by atoms with E-state index >= 15 is 0 Å². The van der Waals surface area contributed by atoms with Crippen LogP contribution in [-0.2, 0) is 4.74 Å². The number of thiophene rings is 1. The SMILES string of the molecule is CCOC(=O)c1c(Nc2nc3ccccc3nc2N2C[C@H](C)C[C@@H](C)C2)sc(C)c1C. The summed E-state index contributed by atoms with van der Waals surface area (Å²) in [6, 6.07) is 7.92. The van der Waals surface area contributed by atoms with Crippen LogP contribution >= 0.6 is 11.3 Å². The minimum Gasteiger partial charge on any atom is -0.462 e. The standard InChI is InChI=1S/C24H30N4O2S/c1-6-30-24(29)20-16(4)17(5)31-23(20)27-21-22(28-12-14(2)11-15(3)13-28)26-19-10-8-7-9-18(19)25-21/h7-10,14-15H,6,11-13H2,1-5H3,(H,25,27)/t14-,15-/m1/s1. The molecule has 31 heavy (non-hydrogen) atoms. The molecule has 1 saturated heterocycles. The Morgan fingerprint density at radius 1 is 1.16 bits per heavy atom. The number of fused-ring (bicyclic) bond motifs is 1. The predicted octanol–water partition coefficient (Wildman–Crippen LogP) is 5.71. The van der Waals surface area contributed by atoms with Crippen LogP contribution in [0.3, 0.4) is 0 Å². The maximum atomic E-state index is 12.7. The molecule has 4 rings (SSSR count). The second-order valence-corrected chi connectivity index (χ2v) is 9.79. The molecular weight excluding hydrogens is 408 g/mol. The number of esters is 1. The fourth-order valence-corrected chi connectivity index (χ4v) is 5.45. The normalized spacial score (nSPS) is 18.9. The highest BCUT2D eigenvalue weighted by Gasteiger charge is 2.27. The lowest BCUT2D eigenvalue weighted by molar-refractivity contribution is 0.0527. The maximum Gasteiger partial charge on any atom is 0.341 e. The van der Waals surface area contributed by atoms with Gasteiger partial charge in [0.2, 0.25) is 0 Å². The Balaban J connectivity index is 1.80. The molecule has 2 aromatic heterocycles. The molecule has 2 atom stereocenters. The Labute approximate surface area is 187 Å². The number of aryl methyl sites for hydroxylation is 1. The zero-order valence-electron chi connectivity index (χ0n) is 18.9. The summed E-state index contributed by atoms with van der Waals surface area (Å²) in [4.78, 5) is 26.0. The van der Waals surface area contributed by atoms with Crippen LogP contribution in [0.2, 0.25) is 0 Å². The van der Waals surface area contributed by atoms with E-state index in [0.29, 0.717) is 29.8 Å². The van der Waals surface area contributed by atoms with Gasteiger partial charge in [0.15, 0.2) is 11.6 Å². The average Bonchev–Trinajstić information content (AvgIpc) is 3.00. The number of carbonyl (C=O) groups excluding carboxylic acids is 1. The highest BCUT2D eigenvalue weighted by molar-refractivity contribution is 7.16. The van der Waals surface area contributed by atoms with Crippen LogP contribution in [0.15, 0.2) is 24.3 Å². The van der Waals surface area contributed by atoms with Gasteiger partial charge in [-0.3, -0.25) is 0 Å². The molecule has 6 nitrogen and oxygen atoms in total. The molecule has 3 aromatic rings. The fourth-order valence-electron chi connectivity index (χ4n) is 4.40. The van der Waals surface area contributed by atoms with Crippen LogP contribution in [0.5, 0.6) is 0 Å². The topological polar surface area (TPSA) is 67.3 Å². The van der Waals surface area contributed by atoms with Crippen LogP contribution in [-0.4, -0.2) is 35.6 Å². The van der Waals surface area contributed by atoms with Crippen LogP contribution in [0.4, 0.5) is 16.6 Å². The molecule has 0 unspecified atom stereocenters. The van der Waals surface area contributed by atoms with Crippen molar-refractivity contribution >= 4 is 45.0 Å². The second-order valence-electron chi connectivity index (χ2n) is 8.57. The molecule has 164 valence electrons. The molecule has 1 N–H and O–H groups in total. The van der Waals surface area contributed by atoms with Crippen molar-refractivity contribution in [2.45, 2.75) is 41.0 Å². The number of nitrogens with one attached hydrogen (secondary N) is 1. The first-order valence-corrected chi connectivity index (χ1v) is 11.7. The summed E-state index contributed by atoms with van der Waals surface area (Å²) in [6.07, 6.45) is 1.22. The van der Waals surface area contributed by atoms with E-state index in [1.165, 1.54) is 6.42 Å². The molecule has 0 amide bonds. The summed E-state index contributed by atoms with van der Waals surface area (Å²) in [7, 11) is 0. The molecule has 0 saturated carbocycles. The van der Waals surface area contributed by atoms with Gasteiger partial charge in [-0.2, -0.15) is 0 Å². The summed E-state index contributed by atoms with van der Waals surface area (Å²) >= 11 is 1.55. The molecular formula is C24H30N4O2S. The van der Waals surface area contributed by atoms with Gasteiger partial charge in [0, 0.05) is 18.0 Å². The van der Waals surface area contributed by atoms with Gasteiger partial charge < -0.3 is 15.0 Å². The summed E-state index contributed by atoms with van der Waals surface area (Å²) in [5.74, 6) is 2.40. The first kappa shape index (κ1) is 21.6. The maximum absolute atomic E-state index is 12.7. The van der Waals surface area contributed by atoms with Gasteiger partial charge in [0.1, 0.15) is 5.00 Å². The van der Waals surface area contributed by atoms with Crippen molar-refractivity contribution in [3.63, 3.8) is 0 Å². The van der Waals surface area contributed by atoms with Crippen molar-refractivity contribution in [2.24, 2.45) is 11.8 Å². The number of para-hydroxylation sites is 2. The summed E-state index contributed by atoms with van der Waals surface area (Å²) < 4.78 is 5.33.